The molecule has 0 saturated heterocycles. The molecule has 0 aliphatic rings. The van der Waals surface area contributed by atoms with Crippen molar-refractivity contribution in [2.24, 2.45) is 5.92 Å². The van der Waals surface area contributed by atoms with Gasteiger partial charge < -0.3 is 14.6 Å². The monoisotopic (exact) mass is 176 g/mol. The Bertz CT molecular complexity index is 102. The van der Waals surface area contributed by atoms with Crippen LogP contribution in [0.15, 0.2) is 0 Å². The van der Waals surface area contributed by atoms with E-state index in [0.29, 0.717) is 12.5 Å². The molecular formula is C9H20O3. The summed E-state index contributed by atoms with van der Waals surface area (Å²) < 4.78 is 10.2. The third-order valence-electron chi connectivity index (χ3n) is 1.44. The minimum Gasteiger partial charge on any atom is -0.368 e. The average Bonchev–Trinajstić information content (AvgIpc) is 1.84. The first-order valence-electron chi connectivity index (χ1n) is 4.47. The van der Waals surface area contributed by atoms with Crippen LogP contribution in [0.2, 0.25) is 0 Å². The Morgan fingerprint density at radius 1 is 1.17 bits per heavy atom. The normalized spacial score (nSPS) is 16.5. The van der Waals surface area contributed by atoms with Gasteiger partial charge in [0.1, 0.15) is 0 Å². The van der Waals surface area contributed by atoms with Crippen LogP contribution in [0.3, 0.4) is 0 Å². The number of aliphatic hydroxyl groups excluding tert-OH is 1. The summed E-state index contributed by atoms with van der Waals surface area (Å²) in [7, 11) is 0. The fourth-order valence-electron chi connectivity index (χ4n) is 0.786. The standard InChI is InChI=1S/C9H20O3/c1-7(2)5-6-11-9(4)12-8(3)10/h7-10H,5-6H2,1-4H3. The Morgan fingerprint density at radius 2 is 1.75 bits per heavy atom. The van der Waals surface area contributed by atoms with Crippen molar-refractivity contribution in [2.75, 3.05) is 6.61 Å². The van der Waals surface area contributed by atoms with E-state index in [0.717, 1.165) is 6.42 Å². The van der Waals surface area contributed by atoms with Gasteiger partial charge in [-0.1, -0.05) is 13.8 Å². The molecule has 0 amide bonds. The van der Waals surface area contributed by atoms with Crippen LogP contribution in [0.4, 0.5) is 0 Å². The molecule has 0 heterocycles. The summed E-state index contributed by atoms with van der Waals surface area (Å²) in [5.74, 6) is 0.642. The van der Waals surface area contributed by atoms with Crippen LogP contribution in [-0.2, 0) is 9.47 Å². The number of ether oxygens (including phenoxy) is 2. The number of hydrogen-bond acceptors (Lipinski definition) is 3. The minimum atomic E-state index is -0.751. The van der Waals surface area contributed by atoms with Crippen molar-refractivity contribution in [3.8, 4) is 0 Å². The van der Waals surface area contributed by atoms with Crippen LogP contribution < -0.4 is 0 Å². The molecule has 0 spiro atoms. The van der Waals surface area contributed by atoms with E-state index in [1.54, 1.807) is 13.8 Å². The van der Waals surface area contributed by atoms with Gasteiger partial charge in [-0.2, -0.15) is 0 Å². The molecule has 74 valence electrons. The van der Waals surface area contributed by atoms with Gasteiger partial charge in [-0.3, -0.25) is 0 Å². The topological polar surface area (TPSA) is 38.7 Å². The van der Waals surface area contributed by atoms with Crippen molar-refractivity contribution in [1.82, 2.24) is 0 Å². The average molecular weight is 176 g/mol. The van der Waals surface area contributed by atoms with E-state index >= 15 is 0 Å². The molecule has 0 aliphatic carbocycles. The van der Waals surface area contributed by atoms with E-state index in [4.69, 9.17) is 14.6 Å². The summed E-state index contributed by atoms with van der Waals surface area (Å²) in [6.45, 7) is 8.33. The van der Waals surface area contributed by atoms with E-state index in [1.165, 1.54) is 0 Å². The molecule has 3 nitrogen and oxygen atoms in total. The second-order valence-corrected chi connectivity index (χ2v) is 3.36. The van der Waals surface area contributed by atoms with E-state index in [-0.39, 0.29) is 6.29 Å². The zero-order valence-corrected chi connectivity index (χ0v) is 8.41. The van der Waals surface area contributed by atoms with Crippen molar-refractivity contribution in [3.63, 3.8) is 0 Å². The van der Waals surface area contributed by atoms with E-state index in [9.17, 15) is 0 Å². The first-order valence-corrected chi connectivity index (χ1v) is 4.47. The summed E-state index contributed by atoms with van der Waals surface area (Å²) >= 11 is 0. The van der Waals surface area contributed by atoms with Crippen LogP contribution in [0.1, 0.15) is 34.1 Å². The zero-order chi connectivity index (χ0) is 9.56. The zero-order valence-electron chi connectivity index (χ0n) is 8.41. The SMILES string of the molecule is CC(C)CCOC(C)OC(C)O. The summed E-state index contributed by atoms with van der Waals surface area (Å²) in [4.78, 5) is 0. The first-order chi connectivity index (χ1) is 5.52. The summed E-state index contributed by atoms with van der Waals surface area (Å²) in [5.41, 5.74) is 0. The van der Waals surface area contributed by atoms with E-state index in [2.05, 4.69) is 13.8 Å². The molecule has 0 rings (SSSR count). The van der Waals surface area contributed by atoms with Gasteiger partial charge in [0.15, 0.2) is 12.6 Å². The molecule has 2 unspecified atom stereocenters. The smallest absolute Gasteiger partial charge is 0.157 e. The molecule has 0 aromatic carbocycles. The summed E-state index contributed by atoms with van der Waals surface area (Å²) in [5, 5.41) is 8.83. The van der Waals surface area contributed by atoms with E-state index in [1.807, 2.05) is 0 Å². The minimum absolute atomic E-state index is 0.316. The molecule has 0 aromatic heterocycles. The fourth-order valence-corrected chi connectivity index (χ4v) is 0.786. The van der Waals surface area contributed by atoms with Gasteiger partial charge >= 0.3 is 0 Å². The Morgan fingerprint density at radius 3 is 2.17 bits per heavy atom. The lowest BCUT2D eigenvalue weighted by atomic mass is 10.1. The van der Waals surface area contributed by atoms with Gasteiger partial charge in [0.05, 0.1) is 0 Å². The second-order valence-electron chi connectivity index (χ2n) is 3.36. The lowest BCUT2D eigenvalue weighted by Crippen LogP contribution is -2.20. The van der Waals surface area contributed by atoms with Crippen molar-refractivity contribution in [3.05, 3.63) is 0 Å². The molecule has 0 fully saturated rings. The van der Waals surface area contributed by atoms with Crippen molar-refractivity contribution in [2.45, 2.75) is 46.7 Å². The van der Waals surface area contributed by atoms with Crippen molar-refractivity contribution >= 4 is 0 Å². The van der Waals surface area contributed by atoms with Crippen molar-refractivity contribution in [1.29, 1.82) is 0 Å². The van der Waals surface area contributed by atoms with Crippen molar-refractivity contribution < 1.29 is 14.6 Å². The predicted molar refractivity (Wildman–Crippen MR) is 47.6 cm³/mol. The number of aliphatic hydroxyl groups is 1. The van der Waals surface area contributed by atoms with Crippen LogP contribution in [0.25, 0.3) is 0 Å². The molecule has 0 radical (unpaired) electrons. The van der Waals surface area contributed by atoms with Crippen LogP contribution >= 0.6 is 0 Å². The molecular weight excluding hydrogens is 156 g/mol. The highest BCUT2D eigenvalue weighted by Crippen LogP contribution is 2.03. The molecule has 3 heteroatoms. The highest BCUT2D eigenvalue weighted by atomic mass is 16.7. The molecule has 0 aromatic rings. The lowest BCUT2D eigenvalue weighted by Gasteiger charge is -2.16. The predicted octanol–water partition coefficient (Wildman–Crippen LogP) is 1.75. The highest BCUT2D eigenvalue weighted by molar-refractivity contribution is 4.43. The lowest BCUT2D eigenvalue weighted by molar-refractivity contribution is -0.213. The molecule has 2 atom stereocenters. The molecule has 0 aliphatic heterocycles. The molecule has 12 heavy (non-hydrogen) atoms. The Kier molecular flexibility index (Phi) is 6.34. The third kappa shape index (κ3) is 7.98. The summed E-state index contributed by atoms with van der Waals surface area (Å²) in [6, 6.07) is 0. The maximum atomic E-state index is 8.83. The van der Waals surface area contributed by atoms with Gasteiger partial charge in [-0.05, 0) is 26.2 Å². The summed E-state index contributed by atoms with van der Waals surface area (Å²) in [6.07, 6.45) is -0.0455. The Labute approximate surface area is 74.7 Å². The second kappa shape index (κ2) is 6.40. The van der Waals surface area contributed by atoms with Gasteiger partial charge in [-0.15, -0.1) is 0 Å². The number of hydrogen-bond donors (Lipinski definition) is 1. The quantitative estimate of drug-likeness (QED) is 0.627. The maximum absolute atomic E-state index is 8.83. The molecule has 0 bridgehead atoms. The molecule has 0 saturated carbocycles. The van der Waals surface area contributed by atoms with Gasteiger partial charge in [0.2, 0.25) is 0 Å². The largest absolute Gasteiger partial charge is 0.368 e. The highest BCUT2D eigenvalue weighted by Gasteiger charge is 2.05. The van der Waals surface area contributed by atoms with Gasteiger partial charge in [0, 0.05) is 6.61 Å². The Balaban J connectivity index is 3.25. The number of rotatable bonds is 6. The van der Waals surface area contributed by atoms with Crippen LogP contribution in [0.5, 0.6) is 0 Å². The van der Waals surface area contributed by atoms with Gasteiger partial charge in [-0.25, -0.2) is 0 Å². The van der Waals surface area contributed by atoms with Crippen LogP contribution in [-0.4, -0.2) is 24.3 Å². The molecule has 1 N–H and O–H groups in total. The third-order valence-corrected chi connectivity index (χ3v) is 1.44. The van der Waals surface area contributed by atoms with Crippen LogP contribution in [0, 0.1) is 5.92 Å². The van der Waals surface area contributed by atoms with E-state index < -0.39 is 6.29 Å². The van der Waals surface area contributed by atoms with Gasteiger partial charge in [0.25, 0.3) is 0 Å². The Hall–Kier alpha value is -0.120. The first kappa shape index (κ1) is 11.9. The maximum Gasteiger partial charge on any atom is 0.157 e. The fraction of sp³-hybridized carbons (Fsp3) is 1.00.